The normalized spacial score (nSPS) is 10.0. The van der Waals surface area contributed by atoms with E-state index in [2.05, 4.69) is 18.9 Å². The first-order chi connectivity index (χ1) is 6.31. The van der Waals surface area contributed by atoms with Crippen molar-refractivity contribution in [1.29, 1.82) is 0 Å². The molecular weight excluding hydrogens is 204 g/mol. The Morgan fingerprint density at radius 3 is 2.62 bits per heavy atom. The summed E-state index contributed by atoms with van der Waals surface area (Å²) < 4.78 is 4.88. The van der Waals surface area contributed by atoms with Crippen molar-refractivity contribution in [1.82, 2.24) is 0 Å². The Morgan fingerprint density at radius 1 is 1.31 bits per heavy atom. The molecule has 0 aliphatic rings. The largest absolute Gasteiger partial charge is 0.465 e. The molecule has 0 aromatic carbocycles. The van der Waals surface area contributed by atoms with Crippen LogP contribution in [0.3, 0.4) is 0 Å². The molecule has 0 radical (unpaired) electrons. The molecule has 13 heavy (non-hydrogen) atoms. The van der Waals surface area contributed by atoms with E-state index in [0.29, 0.717) is 6.61 Å². The maximum atomic E-state index is 10.6. The van der Waals surface area contributed by atoms with Crippen LogP contribution < -0.4 is 0 Å². The number of hydrogen-bond acceptors (Lipinski definition) is 4. The van der Waals surface area contributed by atoms with E-state index in [1.54, 1.807) is 0 Å². The lowest BCUT2D eigenvalue weighted by Crippen LogP contribution is -2.06. The fourth-order valence-electron chi connectivity index (χ4n) is 0.934. The summed E-state index contributed by atoms with van der Waals surface area (Å²) in [7, 11) is 0. The summed E-state index contributed by atoms with van der Waals surface area (Å²) in [4.78, 5) is 10.6. The van der Waals surface area contributed by atoms with Gasteiger partial charge in [-0.05, 0) is 24.9 Å². The highest BCUT2D eigenvalue weighted by Crippen LogP contribution is 2.04. The maximum absolute atomic E-state index is 10.6. The van der Waals surface area contributed by atoms with Crippen LogP contribution in [0.15, 0.2) is 0 Å². The zero-order chi connectivity index (χ0) is 9.94. The summed E-state index contributed by atoms with van der Waals surface area (Å²) in [5.74, 6) is 1.20. The molecule has 0 bridgehead atoms. The Labute approximate surface area is 90.2 Å². The minimum Gasteiger partial charge on any atom is -0.465 e. The summed E-state index contributed by atoms with van der Waals surface area (Å²) in [5, 5.41) is 0. The van der Waals surface area contributed by atoms with E-state index in [0.717, 1.165) is 12.8 Å². The predicted molar refractivity (Wildman–Crippen MR) is 61.7 cm³/mol. The van der Waals surface area contributed by atoms with E-state index in [4.69, 9.17) is 4.74 Å². The molecule has 0 fully saturated rings. The Morgan fingerprint density at radius 2 is 2.00 bits per heavy atom. The molecule has 0 unspecified atom stereocenters. The van der Waals surface area contributed by atoms with E-state index in [9.17, 15) is 4.79 Å². The molecule has 0 heterocycles. The number of thioether (sulfide) groups is 1. The zero-order valence-electron chi connectivity index (χ0n) is 8.12. The average molecular weight is 222 g/mol. The van der Waals surface area contributed by atoms with Crippen LogP contribution in [0.1, 0.15) is 25.7 Å². The molecule has 0 aliphatic carbocycles. The summed E-state index contributed by atoms with van der Waals surface area (Å²) in [6.45, 7) is 0.554. The lowest BCUT2D eigenvalue weighted by atomic mass is 10.2. The third-order valence-corrected chi connectivity index (χ3v) is 2.59. The highest BCUT2D eigenvalue weighted by atomic mass is 32.2. The van der Waals surface area contributed by atoms with Gasteiger partial charge in [-0.25, -0.2) is 0 Å². The van der Waals surface area contributed by atoms with Gasteiger partial charge in [0.05, 0.1) is 12.4 Å². The standard InChI is InChI=1S/C9H18O2S2/c1-13-7-5-3-2-4-6-11-9(10)8-12/h12H,2-8H2,1H3. The minimum absolute atomic E-state index is 0.187. The SMILES string of the molecule is CSCCCCCCOC(=O)CS. The molecule has 0 aromatic rings. The smallest absolute Gasteiger partial charge is 0.315 e. The third-order valence-electron chi connectivity index (χ3n) is 1.63. The number of ether oxygens (including phenoxy) is 1. The first kappa shape index (κ1) is 13.2. The number of thiol groups is 1. The van der Waals surface area contributed by atoms with Gasteiger partial charge in [0, 0.05) is 0 Å². The van der Waals surface area contributed by atoms with E-state index < -0.39 is 0 Å². The first-order valence-electron chi connectivity index (χ1n) is 4.56. The van der Waals surface area contributed by atoms with Crippen LogP contribution in [0.4, 0.5) is 0 Å². The van der Waals surface area contributed by atoms with Gasteiger partial charge in [0.15, 0.2) is 0 Å². The van der Waals surface area contributed by atoms with Crippen molar-refractivity contribution in [2.45, 2.75) is 25.7 Å². The molecule has 4 heteroatoms. The van der Waals surface area contributed by atoms with Crippen LogP contribution in [0, 0.1) is 0 Å². The van der Waals surface area contributed by atoms with Crippen LogP contribution in [-0.2, 0) is 9.53 Å². The molecule has 0 spiro atoms. The molecule has 0 atom stereocenters. The van der Waals surface area contributed by atoms with Crippen LogP contribution >= 0.6 is 24.4 Å². The molecule has 0 saturated carbocycles. The summed E-state index contributed by atoms with van der Waals surface area (Å²) in [6.07, 6.45) is 6.75. The highest BCUT2D eigenvalue weighted by molar-refractivity contribution is 7.98. The molecule has 0 saturated heterocycles. The fraction of sp³-hybridized carbons (Fsp3) is 0.889. The molecule has 0 amide bonds. The molecule has 0 N–H and O–H groups in total. The fourth-order valence-corrected chi connectivity index (χ4v) is 1.52. The number of esters is 1. The summed E-state index contributed by atoms with van der Waals surface area (Å²) in [5.41, 5.74) is 0. The van der Waals surface area contributed by atoms with Gasteiger partial charge in [-0.1, -0.05) is 12.8 Å². The van der Waals surface area contributed by atoms with Crippen molar-refractivity contribution in [2.24, 2.45) is 0 Å². The monoisotopic (exact) mass is 222 g/mol. The van der Waals surface area contributed by atoms with Gasteiger partial charge in [-0.15, -0.1) is 0 Å². The molecular formula is C9H18O2S2. The predicted octanol–water partition coefficient (Wildman–Crippen LogP) is 2.38. The second-order valence-corrected chi connectivity index (χ2v) is 4.09. The third kappa shape index (κ3) is 10.1. The maximum Gasteiger partial charge on any atom is 0.315 e. The van der Waals surface area contributed by atoms with Gasteiger partial charge in [-0.3, -0.25) is 4.79 Å². The van der Waals surface area contributed by atoms with Gasteiger partial charge in [-0.2, -0.15) is 24.4 Å². The van der Waals surface area contributed by atoms with Crippen molar-refractivity contribution in [3.05, 3.63) is 0 Å². The van der Waals surface area contributed by atoms with E-state index in [-0.39, 0.29) is 11.7 Å². The summed E-state index contributed by atoms with van der Waals surface area (Å²) in [6, 6.07) is 0. The van der Waals surface area contributed by atoms with E-state index in [1.165, 1.54) is 18.6 Å². The Kier molecular flexibility index (Phi) is 10.4. The molecule has 2 nitrogen and oxygen atoms in total. The van der Waals surface area contributed by atoms with Crippen molar-refractivity contribution >= 4 is 30.4 Å². The lowest BCUT2D eigenvalue weighted by Gasteiger charge is -2.02. The Hall–Kier alpha value is 0.170. The van der Waals surface area contributed by atoms with E-state index in [1.807, 2.05) is 11.8 Å². The van der Waals surface area contributed by atoms with Crippen molar-refractivity contribution in [3.8, 4) is 0 Å². The number of rotatable bonds is 8. The van der Waals surface area contributed by atoms with Gasteiger partial charge in [0.2, 0.25) is 0 Å². The first-order valence-corrected chi connectivity index (χ1v) is 6.59. The lowest BCUT2D eigenvalue weighted by molar-refractivity contribution is -0.140. The van der Waals surface area contributed by atoms with Gasteiger partial charge < -0.3 is 4.74 Å². The van der Waals surface area contributed by atoms with Gasteiger partial charge in [0.25, 0.3) is 0 Å². The average Bonchev–Trinajstić information content (AvgIpc) is 2.16. The number of unbranched alkanes of at least 4 members (excludes halogenated alkanes) is 3. The van der Waals surface area contributed by atoms with Crippen molar-refractivity contribution in [2.75, 3.05) is 24.4 Å². The van der Waals surface area contributed by atoms with Crippen LogP contribution in [0.5, 0.6) is 0 Å². The quantitative estimate of drug-likeness (QED) is 0.388. The van der Waals surface area contributed by atoms with Crippen LogP contribution in [0.2, 0.25) is 0 Å². The second kappa shape index (κ2) is 10.3. The van der Waals surface area contributed by atoms with Gasteiger partial charge >= 0.3 is 5.97 Å². The Bertz CT molecular complexity index is 129. The molecule has 0 aliphatic heterocycles. The number of carbonyl (C=O) groups is 1. The molecule has 0 aromatic heterocycles. The minimum atomic E-state index is -0.215. The Balaban J connectivity index is 2.95. The molecule has 78 valence electrons. The van der Waals surface area contributed by atoms with Crippen molar-refractivity contribution in [3.63, 3.8) is 0 Å². The zero-order valence-corrected chi connectivity index (χ0v) is 9.83. The van der Waals surface area contributed by atoms with E-state index >= 15 is 0 Å². The van der Waals surface area contributed by atoms with Crippen molar-refractivity contribution < 1.29 is 9.53 Å². The topological polar surface area (TPSA) is 26.3 Å². The molecule has 0 rings (SSSR count). The van der Waals surface area contributed by atoms with Crippen LogP contribution in [-0.4, -0.2) is 30.3 Å². The second-order valence-electron chi connectivity index (χ2n) is 2.79. The number of hydrogen-bond donors (Lipinski definition) is 1. The van der Waals surface area contributed by atoms with Crippen LogP contribution in [0.25, 0.3) is 0 Å². The highest BCUT2D eigenvalue weighted by Gasteiger charge is 1.97. The van der Waals surface area contributed by atoms with Gasteiger partial charge in [0.1, 0.15) is 0 Å². The summed E-state index contributed by atoms with van der Waals surface area (Å²) >= 11 is 5.69. The number of carbonyl (C=O) groups excluding carboxylic acids is 1.